The average molecular weight is 291 g/mol. The van der Waals surface area contributed by atoms with Crippen LogP contribution in [0.25, 0.3) is 10.1 Å². The predicted octanol–water partition coefficient (Wildman–Crippen LogP) is 4.70. The van der Waals surface area contributed by atoms with Crippen LogP contribution in [0.3, 0.4) is 0 Å². The van der Waals surface area contributed by atoms with Crippen molar-refractivity contribution in [2.24, 2.45) is 0 Å². The van der Waals surface area contributed by atoms with Gasteiger partial charge in [-0.1, -0.05) is 48.0 Å². The highest BCUT2D eigenvalue weighted by Crippen LogP contribution is 2.30. The number of carbonyl (C=O) groups excluding carboxylic acids is 1. The summed E-state index contributed by atoms with van der Waals surface area (Å²) in [5, 5.41) is 10.4. The first-order valence-electron chi connectivity index (χ1n) is 6.68. The molecule has 21 heavy (non-hydrogen) atoms. The van der Waals surface area contributed by atoms with Crippen LogP contribution < -0.4 is 0 Å². The van der Waals surface area contributed by atoms with Gasteiger partial charge in [-0.25, -0.2) is 0 Å². The van der Waals surface area contributed by atoms with Crippen LogP contribution in [-0.2, 0) is 0 Å². The van der Waals surface area contributed by atoms with E-state index >= 15 is 0 Å². The highest BCUT2D eigenvalue weighted by molar-refractivity contribution is 7.20. The Kier molecular flexibility index (Phi) is 3.55. The van der Waals surface area contributed by atoms with Crippen LogP contribution in [0.2, 0.25) is 0 Å². The molecule has 0 saturated heterocycles. The number of nitrogens with zero attached hydrogens (tertiary/aromatic N) is 1. The van der Waals surface area contributed by atoms with Crippen LogP contribution in [0.1, 0.15) is 26.7 Å². The number of hydrogen-bond donors (Lipinski definition) is 0. The fourth-order valence-electron chi connectivity index (χ4n) is 2.29. The Morgan fingerprint density at radius 1 is 1.14 bits per heavy atom. The summed E-state index contributed by atoms with van der Waals surface area (Å²) in [6, 6.07) is 19.5. The van der Waals surface area contributed by atoms with Gasteiger partial charge in [0.05, 0.1) is 10.9 Å². The predicted molar refractivity (Wildman–Crippen MR) is 85.7 cm³/mol. The highest BCUT2D eigenvalue weighted by Gasteiger charge is 2.23. The zero-order chi connectivity index (χ0) is 14.8. The maximum absolute atomic E-state index is 12.6. The van der Waals surface area contributed by atoms with Gasteiger partial charge >= 0.3 is 0 Å². The number of hydrogen-bond acceptors (Lipinski definition) is 3. The lowest BCUT2D eigenvalue weighted by Crippen LogP contribution is -2.09. The molecule has 2 aromatic carbocycles. The number of aryl methyl sites for hydroxylation is 1. The first-order chi connectivity index (χ1) is 10.2. The summed E-state index contributed by atoms with van der Waals surface area (Å²) >= 11 is 1.45. The highest BCUT2D eigenvalue weighted by atomic mass is 32.1. The Labute approximate surface area is 127 Å². The fourth-order valence-corrected chi connectivity index (χ4v) is 3.32. The minimum atomic E-state index is -0.737. The van der Waals surface area contributed by atoms with Gasteiger partial charge in [0.25, 0.3) is 0 Å². The zero-order valence-corrected chi connectivity index (χ0v) is 12.4. The summed E-state index contributed by atoms with van der Waals surface area (Å²) in [4.78, 5) is 13.3. The Balaban J connectivity index is 1.99. The summed E-state index contributed by atoms with van der Waals surface area (Å²) in [6.45, 7) is 1.99. The molecule has 0 aliphatic heterocycles. The Morgan fingerprint density at radius 3 is 2.52 bits per heavy atom. The Hall–Kier alpha value is -2.44. The van der Waals surface area contributed by atoms with Gasteiger partial charge in [-0.15, -0.1) is 11.3 Å². The van der Waals surface area contributed by atoms with Crippen LogP contribution in [0.5, 0.6) is 0 Å². The lowest BCUT2D eigenvalue weighted by atomic mass is 9.94. The Bertz CT molecular complexity index is 807. The van der Waals surface area contributed by atoms with Gasteiger partial charge in [-0.05, 0) is 30.0 Å². The van der Waals surface area contributed by atoms with Crippen molar-refractivity contribution < 1.29 is 4.79 Å². The maximum atomic E-state index is 12.6. The number of nitriles is 1. The molecule has 0 fully saturated rings. The molecule has 2 nitrogen and oxygen atoms in total. The quantitative estimate of drug-likeness (QED) is 0.656. The van der Waals surface area contributed by atoms with Crippen molar-refractivity contribution in [2.75, 3.05) is 0 Å². The second-order valence-corrected chi connectivity index (χ2v) is 6.07. The molecule has 3 heteroatoms. The smallest absolute Gasteiger partial charge is 0.194 e. The van der Waals surface area contributed by atoms with E-state index in [1.807, 2.05) is 61.5 Å². The van der Waals surface area contributed by atoms with Gasteiger partial charge in [-0.3, -0.25) is 4.79 Å². The molecule has 0 bridgehead atoms. The number of rotatable bonds is 3. The Morgan fingerprint density at radius 2 is 1.86 bits per heavy atom. The normalized spacial score (nSPS) is 12.0. The van der Waals surface area contributed by atoms with E-state index in [1.165, 1.54) is 11.3 Å². The van der Waals surface area contributed by atoms with Gasteiger partial charge in [-0.2, -0.15) is 5.26 Å². The lowest BCUT2D eigenvalue weighted by Gasteiger charge is -2.07. The number of Topliss-reactive ketones (excluding diaryl/α,β-unsaturated/α-hetero) is 1. The monoisotopic (exact) mass is 291 g/mol. The summed E-state index contributed by atoms with van der Waals surface area (Å²) in [5.41, 5.74) is 1.87. The van der Waals surface area contributed by atoms with Crippen molar-refractivity contribution >= 4 is 27.2 Å². The third kappa shape index (κ3) is 2.58. The SMILES string of the molecule is Cc1ccc(C(C#N)C(=O)c2cc3ccccc3s2)cc1. The molecular formula is C18H13NOS. The van der Waals surface area contributed by atoms with Gasteiger partial charge in [0.15, 0.2) is 5.78 Å². The van der Waals surface area contributed by atoms with Crippen molar-refractivity contribution in [3.63, 3.8) is 0 Å². The van der Waals surface area contributed by atoms with Crippen LogP contribution in [-0.4, -0.2) is 5.78 Å². The zero-order valence-electron chi connectivity index (χ0n) is 11.5. The molecule has 0 radical (unpaired) electrons. The van der Waals surface area contributed by atoms with E-state index in [4.69, 9.17) is 0 Å². The molecule has 1 atom stereocenters. The molecular weight excluding hydrogens is 278 g/mol. The standard InChI is InChI=1S/C18H13NOS/c1-12-6-8-13(9-7-12)15(11-19)18(20)17-10-14-4-2-3-5-16(14)21-17/h2-10,15H,1H3. The van der Waals surface area contributed by atoms with Gasteiger partial charge in [0.1, 0.15) is 5.92 Å². The van der Waals surface area contributed by atoms with Crippen molar-refractivity contribution in [1.82, 2.24) is 0 Å². The third-order valence-electron chi connectivity index (χ3n) is 3.47. The van der Waals surface area contributed by atoms with E-state index in [2.05, 4.69) is 6.07 Å². The van der Waals surface area contributed by atoms with Crippen molar-refractivity contribution in [3.05, 3.63) is 70.6 Å². The molecule has 1 heterocycles. The second kappa shape index (κ2) is 5.51. The molecule has 3 rings (SSSR count). The first kappa shape index (κ1) is 13.5. The molecule has 0 aliphatic rings. The van der Waals surface area contributed by atoms with E-state index in [1.54, 1.807) is 0 Å². The number of ketones is 1. The van der Waals surface area contributed by atoms with E-state index < -0.39 is 5.92 Å². The van der Waals surface area contributed by atoms with Crippen LogP contribution in [0.4, 0.5) is 0 Å². The van der Waals surface area contributed by atoms with Crippen molar-refractivity contribution in [2.45, 2.75) is 12.8 Å². The summed E-state index contributed by atoms with van der Waals surface area (Å²) in [6.07, 6.45) is 0. The number of benzene rings is 2. The number of thiophene rings is 1. The fraction of sp³-hybridized carbons (Fsp3) is 0.111. The largest absolute Gasteiger partial charge is 0.291 e. The summed E-state index contributed by atoms with van der Waals surface area (Å²) in [5.74, 6) is -0.860. The molecule has 1 aromatic heterocycles. The first-order valence-corrected chi connectivity index (χ1v) is 7.49. The van der Waals surface area contributed by atoms with E-state index in [0.29, 0.717) is 4.88 Å². The van der Waals surface area contributed by atoms with Gasteiger partial charge < -0.3 is 0 Å². The number of carbonyl (C=O) groups is 1. The topological polar surface area (TPSA) is 40.9 Å². The van der Waals surface area contributed by atoms with Crippen molar-refractivity contribution in [3.8, 4) is 6.07 Å². The molecule has 0 N–H and O–H groups in total. The molecule has 0 saturated carbocycles. The van der Waals surface area contributed by atoms with Gasteiger partial charge in [0, 0.05) is 4.70 Å². The van der Waals surface area contributed by atoms with Crippen LogP contribution in [0, 0.1) is 18.3 Å². The molecule has 0 aliphatic carbocycles. The minimum Gasteiger partial charge on any atom is -0.291 e. The average Bonchev–Trinajstić information content (AvgIpc) is 2.93. The van der Waals surface area contributed by atoms with E-state index in [0.717, 1.165) is 21.2 Å². The molecule has 3 aromatic rings. The lowest BCUT2D eigenvalue weighted by molar-refractivity contribution is 0.0983. The van der Waals surface area contributed by atoms with E-state index in [-0.39, 0.29) is 5.78 Å². The minimum absolute atomic E-state index is 0.123. The van der Waals surface area contributed by atoms with Crippen molar-refractivity contribution in [1.29, 1.82) is 5.26 Å². The molecule has 0 amide bonds. The van der Waals surface area contributed by atoms with Crippen LogP contribution in [0.15, 0.2) is 54.6 Å². The second-order valence-electron chi connectivity index (χ2n) is 4.99. The van der Waals surface area contributed by atoms with E-state index in [9.17, 15) is 10.1 Å². The maximum Gasteiger partial charge on any atom is 0.194 e. The summed E-state index contributed by atoms with van der Waals surface area (Å²) in [7, 11) is 0. The van der Waals surface area contributed by atoms with Gasteiger partial charge in [0.2, 0.25) is 0 Å². The third-order valence-corrected chi connectivity index (χ3v) is 4.60. The van der Waals surface area contributed by atoms with Crippen LogP contribution >= 0.6 is 11.3 Å². The molecule has 0 spiro atoms. The molecule has 102 valence electrons. The summed E-state index contributed by atoms with van der Waals surface area (Å²) < 4.78 is 1.07. The number of fused-ring (bicyclic) bond motifs is 1. The molecule has 1 unspecified atom stereocenters.